The molecule has 0 unspecified atom stereocenters. The van der Waals surface area contributed by atoms with E-state index in [1.165, 1.54) is 6.07 Å². The first-order valence-corrected chi connectivity index (χ1v) is 11.4. The topological polar surface area (TPSA) is 38.1 Å². The molecule has 0 saturated carbocycles. The minimum Gasteiger partial charge on any atom is -0.331 e. The van der Waals surface area contributed by atoms with Crippen LogP contribution in [-0.4, -0.2) is 26.9 Å². The number of carbonyl (C=O) groups excluding carboxylic acids is 1. The van der Waals surface area contributed by atoms with Crippen molar-refractivity contribution in [3.05, 3.63) is 64.1 Å². The maximum atomic E-state index is 13.7. The number of fused-ring (bicyclic) bond motifs is 1. The summed E-state index contributed by atoms with van der Waals surface area (Å²) in [5.41, 5.74) is 2.52. The normalized spacial score (nSPS) is 11.4. The molecule has 0 aliphatic heterocycles. The third-order valence-electron chi connectivity index (χ3n) is 5.23. The Kier molecular flexibility index (Phi) is 7.64. The molecule has 0 aliphatic rings. The molecule has 4 nitrogen and oxygen atoms in total. The highest BCUT2D eigenvalue weighted by Gasteiger charge is 2.21. The van der Waals surface area contributed by atoms with Gasteiger partial charge in [-0.05, 0) is 65.0 Å². The van der Waals surface area contributed by atoms with Crippen LogP contribution in [0, 0.1) is 11.7 Å². The quantitative estimate of drug-likeness (QED) is 0.359. The number of aromatic nitrogens is 2. The molecule has 0 spiro atoms. The first-order chi connectivity index (χ1) is 14.4. The molecular weight excluding hydrogens is 445 g/mol. The Morgan fingerprint density at radius 1 is 1.23 bits per heavy atom. The fraction of sp³-hybridized carbons (Fsp3) is 0.417. The van der Waals surface area contributed by atoms with E-state index < -0.39 is 0 Å². The molecule has 1 aromatic heterocycles. The highest BCUT2D eigenvalue weighted by atomic mass is 79.9. The summed E-state index contributed by atoms with van der Waals surface area (Å²) in [6.45, 7) is 8.40. The largest absolute Gasteiger partial charge is 0.331 e. The van der Waals surface area contributed by atoms with E-state index in [0.717, 1.165) is 42.7 Å². The van der Waals surface area contributed by atoms with E-state index in [4.69, 9.17) is 4.98 Å². The van der Waals surface area contributed by atoms with Gasteiger partial charge in [-0.15, -0.1) is 0 Å². The molecule has 3 aromatic rings. The lowest BCUT2D eigenvalue weighted by Gasteiger charge is -2.24. The Labute approximate surface area is 186 Å². The minimum absolute atomic E-state index is 0.106. The predicted octanol–water partition coefficient (Wildman–Crippen LogP) is 6.43. The van der Waals surface area contributed by atoms with Crippen LogP contribution in [0.5, 0.6) is 0 Å². The third-order valence-corrected chi connectivity index (χ3v) is 5.84. The van der Waals surface area contributed by atoms with Gasteiger partial charge in [-0.25, -0.2) is 9.37 Å². The number of imidazole rings is 1. The summed E-state index contributed by atoms with van der Waals surface area (Å²) < 4.78 is 16.2. The van der Waals surface area contributed by atoms with Gasteiger partial charge < -0.3 is 9.47 Å². The molecule has 1 heterocycles. The minimum atomic E-state index is -0.373. The van der Waals surface area contributed by atoms with Crippen molar-refractivity contribution in [1.82, 2.24) is 14.5 Å². The molecule has 0 radical (unpaired) electrons. The zero-order valence-corrected chi connectivity index (χ0v) is 19.5. The summed E-state index contributed by atoms with van der Waals surface area (Å²) in [6.07, 6.45) is 3.03. The zero-order chi connectivity index (χ0) is 21.7. The summed E-state index contributed by atoms with van der Waals surface area (Å²) in [7, 11) is 0. The average Bonchev–Trinajstić information content (AvgIpc) is 3.07. The molecule has 3 rings (SSSR count). The van der Waals surface area contributed by atoms with E-state index in [-0.39, 0.29) is 11.7 Å². The number of hydrogen-bond donors (Lipinski definition) is 0. The SMILES string of the molecule is CCCCn1c(CN(CCC(C)C)C(=O)c2ccc(F)c(Br)c2)nc2ccccc21. The van der Waals surface area contributed by atoms with Crippen LogP contribution in [0.1, 0.15) is 56.2 Å². The molecule has 0 atom stereocenters. The van der Waals surface area contributed by atoms with Gasteiger partial charge in [-0.3, -0.25) is 4.79 Å². The van der Waals surface area contributed by atoms with Crippen LogP contribution in [0.2, 0.25) is 0 Å². The monoisotopic (exact) mass is 473 g/mol. The van der Waals surface area contributed by atoms with Gasteiger partial charge in [0.15, 0.2) is 0 Å². The van der Waals surface area contributed by atoms with E-state index in [1.54, 1.807) is 12.1 Å². The maximum absolute atomic E-state index is 13.7. The van der Waals surface area contributed by atoms with E-state index in [0.29, 0.717) is 29.0 Å². The number of aryl methyl sites for hydroxylation is 1. The van der Waals surface area contributed by atoms with E-state index in [1.807, 2.05) is 23.1 Å². The van der Waals surface area contributed by atoms with Crippen molar-refractivity contribution in [2.24, 2.45) is 5.92 Å². The van der Waals surface area contributed by atoms with E-state index in [9.17, 15) is 9.18 Å². The molecule has 2 aromatic carbocycles. The van der Waals surface area contributed by atoms with Crippen molar-refractivity contribution in [3.63, 3.8) is 0 Å². The summed E-state index contributed by atoms with van der Waals surface area (Å²) in [5, 5.41) is 0. The summed E-state index contributed by atoms with van der Waals surface area (Å²) in [6, 6.07) is 12.5. The predicted molar refractivity (Wildman–Crippen MR) is 123 cm³/mol. The van der Waals surface area contributed by atoms with Crippen molar-refractivity contribution in [2.45, 2.75) is 53.1 Å². The number of rotatable bonds is 9. The molecule has 0 saturated heterocycles. The third kappa shape index (κ3) is 5.28. The number of hydrogen-bond acceptors (Lipinski definition) is 2. The lowest BCUT2D eigenvalue weighted by molar-refractivity contribution is 0.0729. The number of halogens is 2. The van der Waals surface area contributed by atoms with Gasteiger partial charge >= 0.3 is 0 Å². The van der Waals surface area contributed by atoms with E-state index in [2.05, 4.69) is 47.3 Å². The van der Waals surface area contributed by atoms with Gasteiger partial charge in [0.1, 0.15) is 11.6 Å². The number of carbonyl (C=O) groups is 1. The molecule has 160 valence electrons. The molecule has 0 N–H and O–H groups in total. The fourth-order valence-electron chi connectivity index (χ4n) is 3.46. The first kappa shape index (κ1) is 22.5. The Hall–Kier alpha value is -2.21. The Morgan fingerprint density at radius 2 is 2.00 bits per heavy atom. The number of unbranched alkanes of at least 4 members (excludes halogenated alkanes) is 1. The molecule has 6 heteroatoms. The molecule has 30 heavy (non-hydrogen) atoms. The number of nitrogens with zero attached hydrogens (tertiary/aromatic N) is 3. The standard InChI is InChI=1S/C24H29BrFN3O/c1-4-5-13-29-22-9-7-6-8-21(22)27-23(29)16-28(14-12-17(2)3)24(30)18-10-11-20(26)19(25)15-18/h6-11,15,17H,4-5,12-14,16H2,1-3H3. The Morgan fingerprint density at radius 3 is 2.70 bits per heavy atom. The van der Waals surface area contributed by atoms with Crippen molar-refractivity contribution in [3.8, 4) is 0 Å². The van der Waals surface area contributed by atoms with Gasteiger partial charge in [-0.1, -0.05) is 39.3 Å². The van der Waals surface area contributed by atoms with Crippen molar-refractivity contribution >= 4 is 32.9 Å². The van der Waals surface area contributed by atoms with Gasteiger partial charge in [0.2, 0.25) is 0 Å². The molecule has 1 amide bonds. The van der Waals surface area contributed by atoms with Crippen molar-refractivity contribution in [1.29, 1.82) is 0 Å². The van der Waals surface area contributed by atoms with Crippen LogP contribution < -0.4 is 0 Å². The zero-order valence-electron chi connectivity index (χ0n) is 17.9. The molecular formula is C24H29BrFN3O. The highest BCUT2D eigenvalue weighted by molar-refractivity contribution is 9.10. The Balaban J connectivity index is 1.94. The van der Waals surface area contributed by atoms with Gasteiger partial charge in [-0.2, -0.15) is 0 Å². The smallest absolute Gasteiger partial charge is 0.254 e. The van der Waals surface area contributed by atoms with Gasteiger partial charge in [0.05, 0.1) is 22.1 Å². The van der Waals surface area contributed by atoms with Crippen LogP contribution in [-0.2, 0) is 13.1 Å². The lowest BCUT2D eigenvalue weighted by atomic mass is 10.1. The fourth-order valence-corrected chi connectivity index (χ4v) is 3.84. The van der Waals surface area contributed by atoms with Crippen molar-refractivity contribution in [2.75, 3.05) is 6.54 Å². The van der Waals surface area contributed by atoms with Gasteiger partial charge in [0, 0.05) is 18.7 Å². The highest BCUT2D eigenvalue weighted by Crippen LogP contribution is 2.22. The molecule has 0 bridgehead atoms. The van der Waals surface area contributed by atoms with Crippen LogP contribution in [0.15, 0.2) is 46.9 Å². The number of amides is 1. The molecule has 0 aliphatic carbocycles. The lowest BCUT2D eigenvalue weighted by Crippen LogP contribution is -2.33. The average molecular weight is 474 g/mol. The van der Waals surface area contributed by atoms with Crippen LogP contribution >= 0.6 is 15.9 Å². The maximum Gasteiger partial charge on any atom is 0.254 e. The molecule has 0 fully saturated rings. The Bertz CT molecular complexity index is 1010. The first-order valence-electron chi connectivity index (χ1n) is 10.6. The summed E-state index contributed by atoms with van der Waals surface area (Å²) in [4.78, 5) is 20.0. The second-order valence-electron chi connectivity index (χ2n) is 8.06. The second-order valence-corrected chi connectivity index (χ2v) is 8.91. The van der Waals surface area contributed by atoms with E-state index >= 15 is 0 Å². The number of para-hydroxylation sites is 2. The summed E-state index contributed by atoms with van der Waals surface area (Å²) >= 11 is 3.19. The van der Waals surface area contributed by atoms with Crippen LogP contribution in [0.25, 0.3) is 11.0 Å². The number of benzene rings is 2. The van der Waals surface area contributed by atoms with Crippen molar-refractivity contribution < 1.29 is 9.18 Å². The van der Waals surface area contributed by atoms with Gasteiger partial charge in [0.25, 0.3) is 5.91 Å². The van der Waals surface area contributed by atoms with Crippen LogP contribution in [0.3, 0.4) is 0 Å². The second kappa shape index (κ2) is 10.2. The van der Waals surface area contributed by atoms with Crippen LogP contribution in [0.4, 0.5) is 4.39 Å². The summed E-state index contributed by atoms with van der Waals surface area (Å²) in [5.74, 6) is 0.884.